The van der Waals surface area contributed by atoms with Gasteiger partial charge in [0.15, 0.2) is 6.61 Å². The number of amides is 1. The molecule has 8 nitrogen and oxygen atoms in total. The van der Waals surface area contributed by atoms with Crippen molar-refractivity contribution >= 4 is 34.5 Å². The molecule has 1 aromatic carbocycles. The van der Waals surface area contributed by atoms with Gasteiger partial charge in [0.1, 0.15) is 17.8 Å². The summed E-state index contributed by atoms with van der Waals surface area (Å²) < 4.78 is 20.7. The van der Waals surface area contributed by atoms with Gasteiger partial charge in [-0.15, -0.1) is 11.3 Å². The highest BCUT2D eigenvalue weighted by Gasteiger charge is 2.22. The zero-order chi connectivity index (χ0) is 21.3. The molecule has 0 fully saturated rings. The molecule has 4 rings (SSSR count). The van der Waals surface area contributed by atoms with E-state index in [9.17, 15) is 14.0 Å². The van der Waals surface area contributed by atoms with Crippen LogP contribution in [0.15, 0.2) is 47.3 Å². The van der Waals surface area contributed by atoms with Crippen molar-refractivity contribution in [2.75, 3.05) is 18.5 Å². The van der Waals surface area contributed by atoms with Crippen LogP contribution in [-0.4, -0.2) is 33.4 Å². The van der Waals surface area contributed by atoms with Crippen molar-refractivity contribution in [3.05, 3.63) is 62.9 Å². The number of nitrogens with two attached hydrogens (primary N) is 1. The number of carbonyl (C=O) groups excluding carboxylic acids is 1. The molecule has 1 aliphatic rings. The molecule has 3 aromatic rings. The van der Waals surface area contributed by atoms with E-state index in [1.165, 1.54) is 22.2 Å². The Balaban J connectivity index is 1.56. The summed E-state index contributed by atoms with van der Waals surface area (Å²) in [6.45, 7) is 0.287. The van der Waals surface area contributed by atoms with Gasteiger partial charge in [-0.2, -0.15) is 5.10 Å². The van der Waals surface area contributed by atoms with Gasteiger partial charge in [0, 0.05) is 21.9 Å². The number of anilines is 1. The topological polar surface area (TPSA) is 104 Å². The second kappa shape index (κ2) is 8.42. The number of ether oxygens (including phenoxy) is 1. The third kappa shape index (κ3) is 3.89. The van der Waals surface area contributed by atoms with Gasteiger partial charge in [-0.25, -0.2) is 13.9 Å². The van der Waals surface area contributed by atoms with E-state index >= 15 is 0 Å². The van der Waals surface area contributed by atoms with Crippen LogP contribution in [0.4, 0.5) is 10.1 Å². The number of rotatable bonds is 6. The Bertz CT molecular complexity index is 1200. The molecule has 0 spiro atoms. The van der Waals surface area contributed by atoms with E-state index in [1.54, 1.807) is 6.07 Å². The van der Waals surface area contributed by atoms with Crippen molar-refractivity contribution in [1.29, 1.82) is 0 Å². The van der Waals surface area contributed by atoms with E-state index in [0.29, 0.717) is 29.3 Å². The van der Waals surface area contributed by atoms with Crippen molar-refractivity contribution < 1.29 is 13.9 Å². The Hall–Kier alpha value is -2.95. The minimum Gasteiger partial charge on any atom is -0.482 e. The van der Waals surface area contributed by atoms with Gasteiger partial charge < -0.3 is 15.8 Å². The lowest BCUT2D eigenvalue weighted by Gasteiger charge is -2.20. The largest absolute Gasteiger partial charge is 0.482 e. The van der Waals surface area contributed by atoms with Crippen LogP contribution in [0, 0.1) is 0 Å². The minimum absolute atomic E-state index is 0.00699. The van der Waals surface area contributed by atoms with Crippen LogP contribution in [0.2, 0.25) is 5.02 Å². The van der Waals surface area contributed by atoms with Gasteiger partial charge in [0.2, 0.25) is 0 Å². The van der Waals surface area contributed by atoms with Gasteiger partial charge in [0.05, 0.1) is 24.4 Å². The van der Waals surface area contributed by atoms with Crippen molar-refractivity contribution in [3.8, 4) is 16.2 Å². The Morgan fingerprint density at radius 1 is 1.37 bits per heavy atom. The highest BCUT2D eigenvalue weighted by atomic mass is 35.5. The third-order valence-electron chi connectivity index (χ3n) is 4.55. The molecule has 156 valence electrons. The second-order valence-electron chi connectivity index (χ2n) is 6.57. The van der Waals surface area contributed by atoms with Crippen LogP contribution in [0.1, 0.15) is 4.88 Å². The maximum atomic E-state index is 12.7. The first kappa shape index (κ1) is 20.3. The molecule has 11 heteroatoms. The fourth-order valence-corrected chi connectivity index (χ4v) is 4.40. The summed E-state index contributed by atoms with van der Waals surface area (Å²) in [5.74, 6) is 0.267. The molecule has 0 aliphatic carbocycles. The SMILES string of the molecule is NC/C(=C\F)Cn1ncn(Cc2ccc(-c3ccc4c(c3Cl)NC(=O)CO4)s2)c1=O. The summed E-state index contributed by atoms with van der Waals surface area (Å²) in [6.07, 6.45) is 1.81. The van der Waals surface area contributed by atoms with E-state index in [-0.39, 0.29) is 36.9 Å². The standard InChI is InChI=1S/C19H17ClFN5O3S/c20-17-13(2-3-14-18(17)24-16(27)9-29-14)15-4-1-12(30-15)8-25-10-23-26(19(25)28)7-11(5-21)6-22/h1-5,10H,6-9,22H2,(H,24,27)/b11-5+. The number of thiophene rings is 1. The first-order valence-corrected chi connectivity index (χ1v) is 10.1. The van der Waals surface area contributed by atoms with Gasteiger partial charge in [-0.1, -0.05) is 11.6 Å². The molecule has 3 N–H and O–H groups in total. The molecule has 3 heterocycles. The highest BCUT2D eigenvalue weighted by Crippen LogP contribution is 2.43. The maximum absolute atomic E-state index is 12.7. The lowest BCUT2D eigenvalue weighted by Crippen LogP contribution is -2.26. The number of aromatic nitrogens is 3. The lowest BCUT2D eigenvalue weighted by molar-refractivity contribution is -0.118. The predicted molar refractivity (Wildman–Crippen MR) is 113 cm³/mol. The number of hydrogen-bond acceptors (Lipinski definition) is 6. The van der Waals surface area contributed by atoms with Gasteiger partial charge in [-0.3, -0.25) is 9.36 Å². The van der Waals surface area contributed by atoms with Crippen molar-refractivity contribution in [2.24, 2.45) is 5.73 Å². The molecule has 0 radical (unpaired) electrons. The predicted octanol–water partition coefficient (Wildman–Crippen LogP) is 2.62. The second-order valence-corrected chi connectivity index (χ2v) is 8.12. The van der Waals surface area contributed by atoms with Crippen LogP contribution >= 0.6 is 22.9 Å². The van der Waals surface area contributed by atoms with Crippen molar-refractivity contribution in [1.82, 2.24) is 14.3 Å². The summed E-state index contributed by atoms with van der Waals surface area (Å²) >= 11 is 7.96. The van der Waals surface area contributed by atoms with Crippen molar-refractivity contribution in [2.45, 2.75) is 13.1 Å². The molecule has 0 bridgehead atoms. The molecule has 1 aliphatic heterocycles. The zero-order valence-electron chi connectivity index (χ0n) is 15.6. The Labute approximate surface area is 179 Å². The van der Waals surface area contributed by atoms with Gasteiger partial charge >= 0.3 is 5.69 Å². The summed E-state index contributed by atoms with van der Waals surface area (Å²) in [5.41, 5.74) is 6.56. The highest BCUT2D eigenvalue weighted by molar-refractivity contribution is 7.15. The number of nitrogens with one attached hydrogen (secondary N) is 1. The molecule has 1 amide bonds. The Kier molecular flexibility index (Phi) is 5.71. The van der Waals surface area contributed by atoms with Crippen LogP contribution in [0.25, 0.3) is 10.4 Å². The van der Waals surface area contributed by atoms with E-state index in [2.05, 4.69) is 10.4 Å². The van der Waals surface area contributed by atoms with E-state index < -0.39 is 0 Å². The van der Waals surface area contributed by atoms with Gasteiger partial charge in [0.25, 0.3) is 5.91 Å². The summed E-state index contributed by atoms with van der Waals surface area (Å²) in [5, 5.41) is 7.14. The molecule has 2 aromatic heterocycles. The summed E-state index contributed by atoms with van der Waals surface area (Å²) in [6, 6.07) is 7.38. The molecule has 0 atom stereocenters. The summed E-state index contributed by atoms with van der Waals surface area (Å²) in [4.78, 5) is 25.9. The molecule has 30 heavy (non-hydrogen) atoms. The van der Waals surface area contributed by atoms with Gasteiger partial charge in [-0.05, 0) is 29.8 Å². The normalized spacial score (nSPS) is 13.7. The van der Waals surface area contributed by atoms with Crippen LogP contribution < -0.4 is 21.5 Å². The molecule has 0 saturated carbocycles. The van der Waals surface area contributed by atoms with E-state index in [0.717, 1.165) is 20.0 Å². The average Bonchev–Trinajstić information content (AvgIpc) is 3.34. The quantitative estimate of drug-likeness (QED) is 0.602. The van der Waals surface area contributed by atoms with E-state index in [4.69, 9.17) is 22.1 Å². The number of nitrogens with zero attached hydrogens (tertiary/aromatic N) is 3. The number of halogens is 2. The van der Waals surface area contributed by atoms with E-state index in [1.807, 2.05) is 18.2 Å². The summed E-state index contributed by atoms with van der Waals surface area (Å²) in [7, 11) is 0. The number of hydrogen-bond donors (Lipinski definition) is 2. The molecule has 0 unspecified atom stereocenters. The fraction of sp³-hybridized carbons (Fsp3) is 0.211. The zero-order valence-corrected chi connectivity index (χ0v) is 17.2. The monoisotopic (exact) mass is 449 g/mol. The smallest absolute Gasteiger partial charge is 0.346 e. The molecule has 0 saturated heterocycles. The minimum atomic E-state index is -0.357. The molecular formula is C19H17ClFN5O3S. The number of carbonyl (C=O) groups is 1. The first-order chi connectivity index (χ1) is 14.5. The van der Waals surface area contributed by atoms with Crippen LogP contribution in [0.5, 0.6) is 5.75 Å². The van der Waals surface area contributed by atoms with Crippen LogP contribution in [0.3, 0.4) is 0 Å². The van der Waals surface area contributed by atoms with Crippen LogP contribution in [-0.2, 0) is 17.9 Å². The lowest BCUT2D eigenvalue weighted by atomic mass is 10.1. The van der Waals surface area contributed by atoms with Crippen molar-refractivity contribution in [3.63, 3.8) is 0 Å². The number of fused-ring (bicyclic) bond motifs is 1. The Morgan fingerprint density at radius 2 is 2.20 bits per heavy atom. The number of benzene rings is 1. The Morgan fingerprint density at radius 3 is 2.97 bits per heavy atom. The third-order valence-corrected chi connectivity index (χ3v) is 6.04. The maximum Gasteiger partial charge on any atom is 0.346 e. The first-order valence-electron chi connectivity index (χ1n) is 8.95. The molecular weight excluding hydrogens is 433 g/mol. The fourth-order valence-electron chi connectivity index (χ4n) is 3.00. The average molecular weight is 450 g/mol.